The Balaban J connectivity index is 1.83. The van der Waals surface area contributed by atoms with Gasteiger partial charge in [-0.2, -0.15) is 0 Å². The zero-order valence-corrected chi connectivity index (χ0v) is 19.8. The Kier molecular flexibility index (Phi) is 6.33. The van der Waals surface area contributed by atoms with Crippen molar-refractivity contribution in [2.75, 3.05) is 4.90 Å². The number of Topliss-reactive ketones (excluding diaryl/α,β-unsaturated/α-hetero) is 1. The Bertz CT molecular complexity index is 1180. The molecule has 3 aromatic rings. The molecule has 0 bridgehead atoms. The van der Waals surface area contributed by atoms with Crippen LogP contribution in [0.25, 0.3) is 5.76 Å². The molecule has 1 fully saturated rings. The molecule has 7 heteroatoms. The van der Waals surface area contributed by atoms with Gasteiger partial charge in [0.1, 0.15) is 11.5 Å². The Morgan fingerprint density at radius 3 is 2.24 bits per heavy atom. The van der Waals surface area contributed by atoms with Gasteiger partial charge in [0.15, 0.2) is 5.13 Å². The summed E-state index contributed by atoms with van der Waals surface area (Å²) >= 11 is 1.27. The minimum atomic E-state index is -0.774. The van der Waals surface area contributed by atoms with Crippen molar-refractivity contribution < 1.29 is 19.4 Å². The highest BCUT2D eigenvalue weighted by Gasteiger charge is 2.47. The maximum Gasteiger partial charge on any atom is 0.301 e. The summed E-state index contributed by atoms with van der Waals surface area (Å²) in [5.74, 6) is -0.657. The highest BCUT2D eigenvalue weighted by Crippen LogP contribution is 2.43. The first-order valence-electron chi connectivity index (χ1n) is 10.9. The van der Waals surface area contributed by atoms with Gasteiger partial charge in [0, 0.05) is 17.1 Å². The van der Waals surface area contributed by atoms with Crippen LogP contribution in [0, 0.1) is 0 Å². The van der Waals surface area contributed by atoms with E-state index in [9.17, 15) is 14.7 Å². The Labute approximate surface area is 197 Å². The van der Waals surface area contributed by atoms with Crippen molar-refractivity contribution in [2.45, 2.75) is 45.8 Å². The van der Waals surface area contributed by atoms with Crippen LogP contribution in [0.15, 0.2) is 65.7 Å². The number of anilines is 1. The van der Waals surface area contributed by atoms with Crippen molar-refractivity contribution >= 4 is 33.9 Å². The summed E-state index contributed by atoms with van der Waals surface area (Å²) in [6, 6.07) is 13.8. The van der Waals surface area contributed by atoms with E-state index in [4.69, 9.17) is 4.74 Å². The summed E-state index contributed by atoms with van der Waals surface area (Å²) in [6.07, 6.45) is 1.60. The molecule has 0 aliphatic carbocycles. The highest BCUT2D eigenvalue weighted by atomic mass is 32.1. The summed E-state index contributed by atoms with van der Waals surface area (Å²) in [7, 11) is 0. The fourth-order valence-corrected chi connectivity index (χ4v) is 4.53. The lowest BCUT2D eigenvalue weighted by Crippen LogP contribution is -2.29. The number of hydrogen-bond acceptors (Lipinski definition) is 6. The van der Waals surface area contributed by atoms with Crippen LogP contribution in [-0.4, -0.2) is 27.9 Å². The van der Waals surface area contributed by atoms with Crippen molar-refractivity contribution in [1.82, 2.24) is 4.98 Å². The monoisotopic (exact) mass is 462 g/mol. The molecule has 0 radical (unpaired) electrons. The number of nitrogens with zero attached hydrogens (tertiary/aromatic N) is 2. The zero-order chi connectivity index (χ0) is 23.7. The fraction of sp³-hybridized carbons (Fsp3) is 0.269. The smallest absolute Gasteiger partial charge is 0.301 e. The number of aliphatic hydroxyl groups excluding tert-OH is 1. The average molecular weight is 463 g/mol. The number of thiazole rings is 1. The lowest BCUT2D eigenvalue weighted by atomic mass is 9.93. The summed E-state index contributed by atoms with van der Waals surface area (Å²) in [6.45, 7) is 8.06. The number of rotatable bonds is 6. The third-order valence-corrected chi connectivity index (χ3v) is 6.26. The molecule has 1 aromatic heterocycles. The van der Waals surface area contributed by atoms with Crippen molar-refractivity contribution in [3.63, 3.8) is 0 Å². The number of carbonyl (C=O) groups is 2. The lowest BCUT2D eigenvalue weighted by Gasteiger charge is -2.23. The van der Waals surface area contributed by atoms with Crippen molar-refractivity contribution in [3.8, 4) is 5.75 Å². The highest BCUT2D eigenvalue weighted by molar-refractivity contribution is 7.14. The summed E-state index contributed by atoms with van der Waals surface area (Å²) in [5.41, 5.74) is 2.36. The number of benzene rings is 2. The van der Waals surface area contributed by atoms with E-state index in [0.717, 1.165) is 11.1 Å². The van der Waals surface area contributed by atoms with Crippen LogP contribution < -0.4 is 9.64 Å². The Morgan fingerprint density at radius 2 is 1.70 bits per heavy atom. The number of amides is 1. The number of ether oxygens (including phenoxy) is 1. The van der Waals surface area contributed by atoms with Gasteiger partial charge in [-0.25, -0.2) is 4.98 Å². The number of ketones is 1. The van der Waals surface area contributed by atoms with E-state index in [1.807, 2.05) is 38.1 Å². The minimum Gasteiger partial charge on any atom is -0.507 e. The van der Waals surface area contributed by atoms with Gasteiger partial charge < -0.3 is 9.84 Å². The van der Waals surface area contributed by atoms with Gasteiger partial charge in [0.05, 0.1) is 17.7 Å². The molecule has 1 unspecified atom stereocenters. The molecule has 2 heterocycles. The van der Waals surface area contributed by atoms with Gasteiger partial charge in [-0.3, -0.25) is 14.5 Å². The van der Waals surface area contributed by atoms with Gasteiger partial charge in [0.25, 0.3) is 5.78 Å². The van der Waals surface area contributed by atoms with E-state index < -0.39 is 17.7 Å². The van der Waals surface area contributed by atoms with Gasteiger partial charge in [-0.05, 0) is 55.2 Å². The Morgan fingerprint density at radius 1 is 1.03 bits per heavy atom. The molecule has 170 valence electrons. The van der Waals surface area contributed by atoms with Crippen LogP contribution in [0.2, 0.25) is 0 Å². The summed E-state index contributed by atoms with van der Waals surface area (Å²) < 4.78 is 5.67. The van der Waals surface area contributed by atoms with Crippen LogP contribution in [0.4, 0.5) is 5.13 Å². The summed E-state index contributed by atoms with van der Waals surface area (Å²) in [5, 5.41) is 13.4. The molecule has 4 rings (SSSR count). The predicted octanol–water partition coefficient (Wildman–Crippen LogP) is 5.68. The van der Waals surface area contributed by atoms with E-state index in [1.165, 1.54) is 16.2 Å². The third kappa shape index (κ3) is 4.41. The second kappa shape index (κ2) is 9.19. The standard InChI is InChI=1S/C26H26N2O4S/c1-15(2)17-5-7-18(8-6-17)22-21(24(30)25(31)28(22)26-27-13-14-33-26)23(29)19-9-11-20(12-10-19)32-16(3)4/h5-16,22,29H,1-4H3/b23-21+. The molecule has 1 aliphatic rings. The number of carbonyl (C=O) groups excluding carboxylic acids is 2. The first-order valence-corrected chi connectivity index (χ1v) is 11.7. The SMILES string of the molecule is CC(C)Oc1ccc(/C(O)=C2\C(=O)C(=O)N(c3nccs3)C2c2ccc(C(C)C)cc2)cc1. The molecule has 1 amide bonds. The normalized spacial score (nSPS) is 17.9. The topological polar surface area (TPSA) is 79.7 Å². The molecular weight excluding hydrogens is 436 g/mol. The number of aromatic nitrogens is 1. The van der Waals surface area contributed by atoms with Crippen molar-refractivity contribution in [2.24, 2.45) is 0 Å². The number of aliphatic hydroxyl groups is 1. The molecule has 1 aliphatic heterocycles. The molecule has 1 N–H and O–H groups in total. The largest absolute Gasteiger partial charge is 0.507 e. The maximum atomic E-state index is 13.1. The molecule has 33 heavy (non-hydrogen) atoms. The van der Waals surface area contributed by atoms with Crippen LogP contribution in [-0.2, 0) is 9.59 Å². The van der Waals surface area contributed by atoms with Crippen LogP contribution in [0.5, 0.6) is 5.75 Å². The van der Waals surface area contributed by atoms with E-state index in [2.05, 4.69) is 18.8 Å². The molecule has 0 spiro atoms. The molecule has 1 atom stereocenters. The quantitative estimate of drug-likeness (QED) is 0.290. The molecule has 2 aromatic carbocycles. The molecule has 0 saturated carbocycles. The minimum absolute atomic E-state index is 0.0156. The van der Waals surface area contributed by atoms with Gasteiger partial charge in [0.2, 0.25) is 0 Å². The average Bonchev–Trinajstić information content (AvgIpc) is 3.40. The van der Waals surface area contributed by atoms with E-state index in [-0.39, 0.29) is 17.4 Å². The lowest BCUT2D eigenvalue weighted by molar-refractivity contribution is -0.132. The third-order valence-electron chi connectivity index (χ3n) is 5.49. The van der Waals surface area contributed by atoms with Crippen molar-refractivity contribution in [1.29, 1.82) is 0 Å². The predicted molar refractivity (Wildman–Crippen MR) is 130 cm³/mol. The van der Waals surface area contributed by atoms with E-state index in [0.29, 0.717) is 22.4 Å². The Hall–Kier alpha value is -3.45. The van der Waals surface area contributed by atoms with Crippen LogP contribution in [0.1, 0.15) is 56.3 Å². The first-order chi connectivity index (χ1) is 15.8. The maximum absolute atomic E-state index is 13.1. The second-order valence-electron chi connectivity index (χ2n) is 8.50. The fourth-order valence-electron chi connectivity index (χ4n) is 3.86. The van der Waals surface area contributed by atoms with Crippen molar-refractivity contribution in [3.05, 3.63) is 82.4 Å². The zero-order valence-electron chi connectivity index (χ0n) is 19.0. The first kappa shape index (κ1) is 22.7. The van der Waals surface area contributed by atoms with Gasteiger partial charge in [-0.1, -0.05) is 38.1 Å². The van der Waals surface area contributed by atoms with Gasteiger partial charge >= 0.3 is 5.91 Å². The molecule has 6 nitrogen and oxygen atoms in total. The molecular formula is C26H26N2O4S. The molecule has 1 saturated heterocycles. The van der Waals surface area contributed by atoms with Crippen LogP contribution in [0.3, 0.4) is 0 Å². The second-order valence-corrected chi connectivity index (χ2v) is 9.37. The van der Waals surface area contributed by atoms with Gasteiger partial charge in [-0.15, -0.1) is 11.3 Å². The number of hydrogen-bond donors (Lipinski definition) is 1. The van der Waals surface area contributed by atoms with E-state index >= 15 is 0 Å². The van der Waals surface area contributed by atoms with Crippen LogP contribution >= 0.6 is 11.3 Å². The summed E-state index contributed by atoms with van der Waals surface area (Å²) in [4.78, 5) is 31.8. The van der Waals surface area contributed by atoms with E-state index in [1.54, 1.807) is 35.8 Å².